The summed E-state index contributed by atoms with van der Waals surface area (Å²) in [5.41, 5.74) is 0. The molecular weight excluding hydrogens is 351 g/mol. The van der Waals surface area contributed by atoms with Gasteiger partial charge in [0.05, 0.1) is 14.9 Å². The Kier molecular flexibility index (Phi) is 5.09. The van der Waals surface area contributed by atoms with Crippen LogP contribution in [0.1, 0.15) is 21.5 Å². The summed E-state index contributed by atoms with van der Waals surface area (Å²) in [6.45, 7) is 1.97. The van der Waals surface area contributed by atoms with Crippen LogP contribution in [-0.4, -0.2) is 20.0 Å². The van der Waals surface area contributed by atoms with Crippen molar-refractivity contribution in [3.05, 3.63) is 50.1 Å². The van der Waals surface area contributed by atoms with Crippen molar-refractivity contribution >= 4 is 50.2 Å². The average molecular weight is 363 g/mol. The minimum atomic E-state index is -3.87. The summed E-state index contributed by atoms with van der Waals surface area (Å²) in [5, 5.41) is 0.0476. The van der Waals surface area contributed by atoms with Gasteiger partial charge in [-0.1, -0.05) is 36.2 Å². The molecule has 0 atom stereocenters. The Hall–Kier alpha value is -0.880. The average Bonchev–Trinajstić information content (AvgIpc) is 2.86. The molecule has 0 bridgehead atoms. The molecule has 0 radical (unpaired) electrons. The van der Waals surface area contributed by atoms with Crippen LogP contribution in [0, 0.1) is 0 Å². The van der Waals surface area contributed by atoms with Crippen molar-refractivity contribution in [3.8, 4) is 0 Å². The molecule has 0 aliphatic carbocycles. The summed E-state index contributed by atoms with van der Waals surface area (Å²) in [6.07, 6.45) is 0.807. The molecule has 21 heavy (non-hydrogen) atoms. The molecule has 0 saturated carbocycles. The molecule has 2 rings (SSSR count). The summed E-state index contributed by atoms with van der Waals surface area (Å²) in [6, 6.07) is 7.90. The van der Waals surface area contributed by atoms with E-state index in [1.54, 1.807) is 12.1 Å². The van der Waals surface area contributed by atoms with Gasteiger partial charge in [0.2, 0.25) is 0 Å². The molecule has 0 saturated heterocycles. The second kappa shape index (κ2) is 6.48. The standard InChI is InChI=1S/C14H12Cl2O3S2/c1-2-9-6-7-13(20-9)12(17)8-21(18,19)14-10(15)4-3-5-11(14)16/h3-7H,2,8H2,1H3. The van der Waals surface area contributed by atoms with Crippen LogP contribution < -0.4 is 0 Å². The van der Waals surface area contributed by atoms with E-state index < -0.39 is 21.4 Å². The lowest BCUT2D eigenvalue weighted by Crippen LogP contribution is -2.16. The lowest BCUT2D eigenvalue weighted by atomic mass is 10.3. The number of carbonyl (C=O) groups excluding carboxylic acids is 1. The fourth-order valence-electron chi connectivity index (χ4n) is 1.81. The topological polar surface area (TPSA) is 51.2 Å². The molecule has 0 unspecified atom stereocenters. The largest absolute Gasteiger partial charge is 0.292 e. The zero-order valence-electron chi connectivity index (χ0n) is 11.1. The van der Waals surface area contributed by atoms with Crippen molar-refractivity contribution in [3.63, 3.8) is 0 Å². The molecule has 7 heteroatoms. The van der Waals surface area contributed by atoms with Gasteiger partial charge >= 0.3 is 0 Å². The van der Waals surface area contributed by atoms with Crippen LogP contribution in [0.3, 0.4) is 0 Å². The summed E-state index contributed by atoms with van der Waals surface area (Å²) in [7, 11) is -3.87. The normalized spacial score (nSPS) is 11.6. The summed E-state index contributed by atoms with van der Waals surface area (Å²) < 4.78 is 24.7. The monoisotopic (exact) mass is 362 g/mol. The predicted octanol–water partition coefficient (Wildman–Crippen LogP) is 4.27. The fraction of sp³-hybridized carbons (Fsp3) is 0.214. The zero-order valence-corrected chi connectivity index (χ0v) is 14.2. The minimum absolute atomic E-state index is 0.0238. The van der Waals surface area contributed by atoms with E-state index in [0.717, 1.165) is 11.3 Å². The van der Waals surface area contributed by atoms with Gasteiger partial charge in [-0.3, -0.25) is 4.79 Å². The maximum atomic E-state index is 12.3. The number of sulfone groups is 1. The third-order valence-corrected chi connectivity index (χ3v) is 6.66. The summed E-state index contributed by atoms with van der Waals surface area (Å²) in [4.78, 5) is 13.4. The first-order valence-electron chi connectivity index (χ1n) is 6.14. The molecule has 0 aliphatic heterocycles. The van der Waals surface area contributed by atoms with Crippen molar-refractivity contribution in [1.82, 2.24) is 0 Å². The van der Waals surface area contributed by atoms with Gasteiger partial charge in [0.25, 0.3) is 0 Å². The highest BCUT2D eigenvalue weighted by Crippen LogP contribution is 2.30. The van der Waals surface area contributed by atoms with E-state index in [9.17, 15) is 13.2 Å². The van der Waals surface area contributed by atoms with Crippen molar-refractivity contribution in [2.75, 3.05) is 5.75 Å². The number of thiophene rings is 1. The highest BCUT2D eigenvalue weighted by atomic mass is 35.5. The first kappa shape index (κ1) is 16.5. The smallest absolute Gasteiger partial charge is 0.188 e. The Morgan fingerprint density at radius 2 is 1.76 bits per heavy atom. The SMILES string of the molecule is CCc1ccc(C(=O)CS(=O)(=O)c2c(Cl)cccc2Cl)s1. The van der Waals surface area contributed by atoms with Crippen molar-refractivity contribution in [2.24, 2.45) is 0 Å². The van der Waals surface area contributed by atoms with Crippen molar-refractivity contribution in [2.45, 2.75) is 18.2 Å². The van der Waals surface area contributed by atoms with Crippen LogP contribution in [0.5, 0.6) is 0 Å². The first-order chi connectivity index (χ1) is 9.85. The van der Waals surface area contributed by atoms with E-state index in [1.807, 2.05) is 13.0 Å². The highest BCUT2D eigenvalue weighted by molar-refractivity contribution is 7.92. The van der Waals surface area contributed by atoms with Crippen molar-refractivity contribution in [1.29, 1.82) is 0 Å². The molecular formula is C14H12Cl2O3S2. The summed E-state index contributed by atoms with van der Waals surface area (Å²) in [5.74, 6) is -1.09. The van der Waals surface area contributed by atoms with Crippen LogP contribution in [0.4, 0.5) is 0 Å². The van der Waals surface area contributed by atoms with Gasteiger partial charge in [0.1, 0.15) is 10.6 Å². The Bertz CT molecular complexity index is 759. The van der Waals surface area contributed by atoms with E-state index in [1.165, 1.54) is 23.5 Å². The third-order valence-electron chi connectivity index (χ3n) is 2.84. The number of rotatable bonds is 5. The maximum absolute atomic E-state index is 12.3. The number of benzene rings is 1. The van der Waals surface area contributed by atoms with E-state index in [2.05, 4.69) is 0 Å². The number of Topliss-reactive ketones (excluding diaryl/α,β-unsaturated/α-hetero) is 1. The van der Waals surface area contributed by atoms with E-state index in [-0.39, 0.29) is 14.9 Å². The van der Waals surface area contributed by atoms with Crippen LogP contribution in [0.2, 0.25) is 10.0 Å². The number of carbonyl (C=O) groups is 1. The van der Waals surface area contributed by atoms with Gasteiger partial charge in [-0.05, 0) is 30.7 Å². The molecule has 1 aromatic heterocycles. The number of hydrogen-bond donors (Lipinski definition) is 0. The number of hydrogen-bond acceptors (Lipinski definition) is 4. The van der Waals surface area contributed by atoms with Crippen molar-refractivity contribution < 1.29 is 13.2 Å². The van der Waals surface area contributed by atoms with Gasteiger partial charge < -0.3 is 0 Å². The Morgan fingerprint density at radius 1 is 1.14 bits per heavy atom. The third kappa shape index (κ3) is 3.66. The van der Waals surface area contributed by atoms with Crippen LogP contribution in [0.25, 0.3) is 0 Å². The predicted molar refractivity (Wildman–Crippen MR) is 86.5 cm³/mol. The van der Waals surface area contributed by atoms with Gasteiger partial charge in [-0.2, -0.15) is 0 Å². The van der Waals surface area contributed by atoms with Gasteiger partial charge in [0, 0.05) is 4.88 Å². The first-order valence-corrected chi connectivity index (χ1v) is 9.36. The molecule has 1 heterocycles. The quantitative estimate of drug-likeness (QED) is 0.746. The maximum Gasteiger partial charge on any atom is 0.188 e. The lowest BCUT2D eigenvalue weighted by Gasteiger charge is -2.07. The number of halogens is 2. The molecule has 0 N–H and O–H groups in total. The Labute approximate surface area is 137 Å². The van der Waals surface area contributed by atoms with Crippen LogP contribution in [-0.2, 0) is 16.3 Å². The Balaban J connectivity index is 2.31. The molecule has 0 aliphatic rings. The number of ketones is 1. The lowest BCUT2D eigenvalue weighted by molar-refractivity contribution is 0.102. The molecule has 2 aromatic rings. The van der Waals surface area contributed by atoms with Crippen LogP contribution in [0.15, 0.2) is 35.2 Å². The van der Waals surface area contributed by atoms with E-state index in [4.69, 9.17) is 23.2 Å². The molecule has 112 valence electrons. The number of aryl methyl sites for hydroxylation is 1. The fourth-order valence-corrected chi connectivity index (χ4v) is 5.27. The Morgan fingerprint density at radius 3 is 2.29 bits per heavy atom. The van der Waals surface area contributed by atoms with Gasteiger partial charge in [-0.25, -0.2) is 8.42 Å². The molecule has 1 aromatic carbocycles. The second-order valence-electron chi connectivity index (χ2n) is 4.35. The minimum Gasteiger partial charge on any atom is -0.292 e. The zero-order chi connectivity index (χ0) is 15.6. The van der Waals surface area contributed by atoms with E-state index >= 15 is 0 Å². The second-order valence-corrected chi connectivity index (χ2v) is 8.26. The molecule has 3 nitrogen and oxygen atoms in total. The highest BCUT2D eigenvalue weighted by Gasteiger charge is 2.26. The molecule has 0 spiro atoms. The molecule has 0 amide bonds. The van der Waals surface area contributed by atoms with Gasteiger partial charge in [-0.15, -0.1) is 11.3 Å². The van der Waals surface area contributed by atoms with Crippen LogP contribution >= 0.6 is 34.5 Å². The molecule has 0 fully saturated rings. The van der Waals surface area contributed by atoms with Gasteiger partial charge in [0.15, 0.2) is 15.6 Å². The summed E-state index contributed by atoms with van der Waals surface area (Å²) >= 11 is 13.1. The van der Waals surface area contributed by atoms with E-state index in [0.29, 0.717) is 4.88 Å².